The number of aromatic nitrogens is 2. The van der Waals surface area contributed by atoms with Crippen LogP contribution in [0.2, 0.25) is 10.3 Å². The van der Waals surface area contributed by atoms with Gasteiger partial charge < -0.3 is 9.47 Å². The van der Waals surface area contributed by atoms with Gasteiger partial charge in [-0.1, -0.05) is 37.0 Å². The maximum absolute atomic E-state index is 6.21. The van der Waals surface area contributed by atoms with Gasteiger partial charge in [-0.25, -0.2) is 9.97 Å². The fraction of sp³-hybridized carbons (Fsp3) is 0.286. The van der Waals surface area contributed by atoms with Crippen LogP contribution in [0.5, 0.6) is 11.5 Å². The molecule has 104 valence electrons. The Morgan fingerprint density at radius 2 is 1.70 bits per heavy atom. The second-order valence-electron chi connectivity index (χ2n) is 4.77. The number of nitrogens with zero attached hydrogens (tertiary/aromatic N) is 2. The average Bonchev–Trinajstić information content (AvgIpc) is 2.84. The molecule has 0 amide bonds. The van der Waals surface area contributed by atoms with Gasteiger partial charge in [0.15, 0.2) is 17.3 Å². The number of benzene rings is 1. The number of ether oxygens (including phenoxy) is 2. The molecule has 0 bridgehead atoms. The number of hydrogen-bond donors (Lipinski definition) is 0. The van der Waals surface area contributed by atoms with Crippen molar-refractivity contribution in [1.29, 1.82) is 0 Å². The predicted molar refractivity (Wildman–Crippen MR) is 77.7 cm³/mol. The molecular formula is C14H12Cl2N2O2. The zero-order chi connectivity index (χ0) is 14.3. The molecule has 0 aliphatic carbocycles. The molecule has 0 fully saturated rings. The summed E-state index contributed by atoms with van der Waals surface area (Å²) in [5.74, 6) is 2.03. The van der Waals surface area contributed by atoms with E-state index in [0.29, 0.717) is 27.6 Å². The second-order valence-corrected chi connectivity index (χ2v) is 5.48. The number of hydrogen-bond acceptors (Lipinski definition) is 4. The molecule has 0 saturated carbocycles. The molecule has 2 aromatic rings. The van der Waals surface area contributed by atoms with Crippen LogP contribution < -0.4 is 9.47 Å². The van der Waals surface area contributed by atoms with E-state index in [0.717, 1.165) is 11.1 Å². The molecule has 4 nitrogen and oxygen atoms in total. The maximum Gasteiger partial charge on any atom is 0.231 e. The summed E-state index contributed by atoms with van der Waals surface area (Å²) < 4.78 is 10.6. The topological polar surface area (TPSA) is 44.2 Å². The van der Waals surface area contributed by atoms with Gasteiger partial charge in [-0.2, -0.15) is 0 Å². The van der Waals surface area contributed by atoms with Crippen LogP contribution in [0.3, 0.4) is 0 Å². The van der Waals surface area contributed by atoms with E-state index in [1.807, 2.05) is 32.0 Å². The van der Waals surface area contributed by atoms with Crippen LogP contribution in [0.25, 0.3) is 11.4 Å². The van der Waals surface area contributed by atoms with Crippen molar-refractivity contribution in [3.8, 4) is 22.9 Å². The number of fused-ring (bicyclic) bond motifs is 1. The van der Waals surface area contributed by atoms with Crippen molar-refractivity contribution in [2.75, 3.05) is 6.79 Å². The van der Waals surface area contributed by atoms with Crippen LogP contribution >= 0.6 is 23.2 Å². The lowest BCUT2D eigenvalue weighted by molar-refractivity contribution is 0.174. The van der Waals surface area contributed by atoms with Crippen molar-refractivity contribution in [3.63, 3.8) is 0 Å². The highest BCUT2D eigenvalue weighted by molar-refractivity contribution is 6.34. The van der Waals surface area contributed by atoms with Gasteiger partial charge in [-0.05, 0) is 24.1 Å². The second kappa shape index (κ2) is 5.11. The van der Waals surface area contributed by atoms with E-state index in [9.17, 15) is 0 Å². The minimum atomic E-state index is 0.167. The summed E-state index contributed by atoms with van der Waals surface area (Å²) in [5.41, 5.74) is 1.55. The molecule has 0 unspecified atom stereocenters. The number of halogens is 2. The fourth-order valence-corrected chi connectivity index (χ4v) is 2.88. The lowest BCUT2D eigenvalue weighted by Crippen LogP contribution is -1.99. The van der Waals surface area contributed by atoms with Crippen molar-refractivity contribution < 1.29 is 9.47 Å². The molecule has 0 atom stereocenters. The van der Waals surface area contributed by atoms with Gasteiger partial charge in [0.1, 0.15) is 10.3 Å². The third-order valence-electron chi connectivity index (χ3n) is 3.06. The first-order chi connectivity index (χ1) is 9.56. The molecule has 0 N–H and O–H groups in total. The van der Waals surface area contributed by atoms with E-state index in [1.165, 1.54) is 0 Å². The normalized spacial score (nSPS) is 13.1. The van der Waals surface area contributed by atoms with Crippen molar-refractivity contribution in [2.45, 2.75) is 19.8 Å². The Labute approximate surface area is 126 Å². The predicted octanol–water partition coefficient (Wildman–Crippen LogP) is 4.30. The van der Waals surface area contributed by atoms with Crippen LogP contribution in [-0.4, -0.2) is 16.8 Å². The zero-order valence-corrected chi connectivity index (χ0v) is 12.5. The molecule has 1 aliphatic heterocycles. The Balaban J connectivity index is 2.07. The highest BCUT2D eigenvalue weighted by Gasteiger charge is 2.18. The van der Waals surface area contributed by atoms with Crippen LogP contribution in [0.1, 0.15) is 25.3 Å². The molecule has 1 aromatic carbocycles. The standard InChI is InChI=1S/C14H12Cl2N2O2/c1-7(2)11-12(15)17-14(18-13(11)16)8-3-4-9-10(5-8)20-6-19-9/h3-5,7H,6H2,1-2H3. The third kappa shape index (κ3) is 2.30. The molecule has 1 aliphatic rings. The van der Waals surface area contributed by atoms with Crippen molar-refractivity contribution >= 4 is 23.2 Å². The first-order valence-corrected chi connectivity index (χ1v) is 6.95. The van der Waals surface area contributed by atoms with Crippen LogP contribution in [0, 0.1) is 0 Å². The highest BCUT2D eigenvalue weighted by atomic mass is 35.5. The molecule has 0 saturated heterocycles. The molecule has 20 heavy (non-hydrogen) atoms. The third-order valence-corrected chi connectivity index (χ3v) is 3.64. The molecular weight excluding hydrogens is 299 g/mol. The summed E-state index contributed by atoms with van der Waals surface area (Å²) in [6.45, 7) is 4.22. The summed E-state index contributed by atoms with van der Waals surface area (Å²) in [6.07, 6.45) is 0. The van der Waals surface area contributed by atoms with E-state index in [-0.39, 0.29) is 12.7 Å². The molecule has 0 radical (unpaired) electrons. The summed E-state index contributed by atoms with van der Waals surface area (Å²) in [5, 5.41) is 0.764. The van der Waals surface area contributed by atoms with Gasteiger partial charge in [-0.15, -0.1) is 0 Å². The fourth-order valence-electron chi connectivity index (χ4n) is 2.06. The number of rotatable bonds is 2. The van der Waals surface area contributed by atoms with E-state index in [1.54, 1.807) is 0 Å². The van der Waals surface area contributed by atoms with Crippen LogP contribution in [0.4, 0.5) is 0 Å². The van der Waals surface area contributed by atoms with Gasteiger partial charge >= 0.3 is 0 Å². The van der Waals surface area contributed by atoms with Crippen molar-refractivity contribution in [1.82, 2.24) is 9.97 Å². The average molecular weight is 311 g/mol. The van der Waals surface area contributed by atoms with Gasteiger partial charge in [-0.3, -0.25) is 0 Å². The Morgan fingerprint density at radius 3 is 2.35 bits per heavy atom. The summed E-state index contributed by atoms with van der Waals surface area (Å²) in [6, 6.07) is 5.49. The molecule has 6 heteroatoms. The SMILES string of the molecule is CC(C)c1c(Cl)nc(-c2ccc3c(c2)OCO3)nc1Cl. The van der Waals surface area contributed by atoms with Gasteiger partial charge in [0, 0.05) is 11.1 Å². The van der Waals surface area contributed by atoms with Gasteiger partial charge in [0.05, 0.1) is 0 Å². The van der Waals surface area contributed by atoms with Crippen molar-refractivity contribution in [3.05, 3.63) is 34.1 Å². The minimum absolute atomic E-state index is 0.167. The van der Waals surface area contributed by atoms with Gasteiger partial charge in [0.2, 0.25) is 6.79 Å². The minimum Gasteiger partial charge on any atom is -0.454 e. The summed E-state index contributed by atoms with van der Waals surface area (Å²) in [4.78, 5) is 8.65. The van der Waals surface area contributed by atoms with E-state index in [2.05, 4.69) is 9.97 Å². The van der Waals surface area contributed by atoms with Crippen LogP contribution in [-0.2, 0) is 0 Å². The van der Waals surface area contributed by atoms with Crippen LogP contribution in [0.15, 0.2) is 18.2 Å². The monoisotopic (exact) mass is 310 g/mol. The summed E-state index contributed by atoms with van der Waals surface area (Å²) >= 11 is 12.4. The Morgan fingerprint density at radius 1 is 1.05 bits per heavy atom. The first kappa shape index (κ1) is 13.5. The lowest BCUT2D eigenvalue weighted by Gasteiger charge is -2.11. The largest absolute Gasteiger partial charge is 0.454 e. The molecule has 0 spiro atoms. The quantitative estimate of drug-likeness (QED) is 0.776. The molecule has 2 heterocycles. The smallest absolute Gasteiger partial charge is 0.231 e. The lowest BCUT2D eigenvalue weighted by atomic mass is 10.1. The van der Waals surface area contributed by atoms with E-state index >= 15 is 0 Å². The van der Waals surface area contributed by atoms with E-state index in [4.69, 9.17) is 32.7 Å². The van der Waals surface area contributed by atoms with E-state index < -0.39 is 0 Å². The highest BCUT2D eigenvalue weighted by Crippen LogP contribution is 2.36. The Kier molecular flexibility index (Phi) is 3.44. The Bertz CT molecular complexity index is 651. The Hall–Kier alpha value is -1.52. The molecule has 3 rings (SSSR count). The molecule has 1 aromatic heterocycles. The van der Waals surface area contributed by atoms with Gasteiger partial charge in [0.25, 0.3) is 0 Å². The summed E-state index contributed by atoms with van der Waals surface area (Å²) in [7, 11) is 0. The first-order valence-electron chi connectivity index (χ1n) is 6.19. The zero-order valence-electron chi connectivity index (χ0n) is 11.0. The maximum atomic E-state index is 6.21. The van der Waals surface area contributed by atoms with Crippen molar-refractivity contribution in [2.24, 2.45) is 0 Å².